The van der Waals surface area contributed by atoms with Crippen LogP contribution >= 0.6 is 11.8 Å². The van der Waals surface area contributed by atoms with Crippen LogP contribution in [0, 0.1) is 17.2 Å². The molecular weight excluding hydrogens is 348 g/mol. The predicted octanol–water partition coefficient (Wildman–Crippen LogP) is 1.24. The first-order valence-electron chi connectivity index (χ1n) is 9.28. The van der Waals surface area contributed by atoms with E-state index >= 15 is 0 Å². The highest BCUT2D eigenvalue weighted by Gasteiger charge is 2.37. The average Bonchev–Trinajstić information content (AvgIpc) is 2.99. The Labute approximate surface area is 158 Å². The van der Waals surface area contributed by atoms with Crippen LogP contribution < -0.4 is 10.2 Å². The zero-order valence-electron chi connectivity index (χ0n) is 14.8. The molecule has 1 aromatic rings. The maximum absolute atomic E-state index is 12.5. The molecule has 1 aliphatic carbocycles. The standard InChI is InChI=1S/C18H24N6OS/c19-8-16-11-26-12-24(16)17(25)9-22-14-6-13-2-3-15(7-14)23(10-13)18-20-4-1-5-21-18/h1,4-5,13-16,22H,2-3,6-7,9-12H2/t13-,14-,15+,16-/m0/s1. The summed E-state index contributed by atoms with van der Waals surface area (Å²) in [5.74, 6) is 2.83. The molecule has 1 N–H and O–H groups in total. The fraction of sp³-hybridized carbons (Fsp3) is 0.667. The first kappa shape index (κ1) is 17.6. The van der Waals surface area contributed by atoms with Gasteiger partial charge >= 0.3 is 0 Å². The van der Waals surface area contributed by atoms with Crippen LogP contribution in [-0.4, -0.2) is 63.6 Å². The van der Waals surface area contributed by atoms with E-state index < -0.39 is 0 Å². The van der Waals surface area contributed by atoms with Crippen LogP contribution in [0.4, 0.5) is 5.95 Å². The molecule has 1 aromatic heterocycles. The highest BCUT2D eigenvalue weighted by Crippen LogP contribution is 2.35. The Morgan fingerprint density at radius 2 is 2.19 bits per heavy atom. The van der Waals surface area contributed by atoms with Crippen molar-refractivity contribution in [1.29, 1.82) is 5.26 Å². The summed E-state index contributed by atoms with van der Waals surface area (Å²) in [4.78, 5) is 25.4. The summed E-state index contributed by atoms with van der Waals surface area (Å²) >= 11 is 1.65. The maximum Gasteiger partial charge on any atom is 0.238 e. The Kier molecular flexibility index (Phi) is 5.27. The van der Waals surface area contributed by atoms with Gasteiger partial charge in [-0.05, 0) is 37.7 Å². The van der Waals surface area contributed by atoms with Gasteiger partial charge in [-0.2, -0.15) is 5.26 Å². The summed E-state index contributed by atoms with van der Waals surface area (Å²) in [5.41, 5.74) is 0. The number of carbonyl (C=O) groups is 1. The molecule has 0 radical (unpaired) electrons. The first-order valence-corrected chi connectivity index (χ1v) is 10.4. The van der Waals surface area contributed by atoms with Crippen LogP contribution in [0.1, 0.15) is 25.7 Å². The average molecular weight is 372 g/mol. The summed E-state index contributed by atoms with van der Waals surface area (Å²) in [6.45, 7) is 1.32. The predicted molar refractivity (Wildman–Crippen MR) is 100 cm³/mol. The van der Waals surface area contributed by atoms with Crippen LogP contribution in [-0.2, 0) is 4.79 Å². The van der Waals surface area contributed by atoms with E-state index in [1.54, 1.807) is 29.1 Å². The summed E-state index contributed by atoms with van der Waals surface area (Å²) in [6, 6.07) is 4.56. The number of hydrogen-bond donors (Lipinski definition) is 1. The summed E-state index contributed by atoms with van der Waals surface area (Å²) < 4.78 is 0. The molecule has 4 aliphatic rings. The van der Waals surface area contributed by atoms with Gasteiger partial charge in [0.25, 0.3) is 0 Å². The van der Waals surface area contributed by atoms with Crippen molar-refractivity contribution >= 4 is 23.6 Å². The Morgan fingerprint density at radius 3 is 3.00 bits per heavy atom. The molecule has 8 heteroatoms. The van der Waals surface area contributed by atoms with E-state index in [1.165, 1.54) is 6.42 Å². The Hall–Kier alpha value is -1.85. The van der Waals surface area contributed by atoms with Crippen molar-refractivity contribution in [2.45, 2.75) is 43.8 Å². The molecular formula is C18H24N6OS. The first-order chi connectivity index (χ1) is 12.7. The fourth-order valence-electron chi connectivity index (χ4n) is 4.35. The van der Waals surface area contributed by atoms with Gasteiger partial charge in [-0.25, -0.2) is 9.97 Å². The van der Waals surface area contributed by atoms with Gasteiger partial charge in [-0.3, -0.25) is 4.79 Å². The molecule has 4 heterocycles. The number of nitrogens with one attached hydrogen (secondary N) is 1. The second-order valence-corrected chi connectivity index (χ2v) is 8.36. The largest absolute Gasteiger partial charge is 0.338 e. The molecule has 0 aromatic carbocycles. The molecule has 3 aliphatic heterocycles. The lowest BCUT2D eigenvalue weighted by Crippen LogP contribution is -2.45. The van der Waals surface area contributed by atoms with Crippen molar-refractivity contribution in [1.82, 2.24) is 20.2 Å². The molecule has 2 bridgehead atoms. The molecule has 3 saturated heterocycles. The van der Waals surface area contributed by atoms with Crippen molar-refractivity contribution in [3.05, 3.63) is 18.5 Å². The maximum atomic E-state index is 12.5. The number of piperidine rings is 1. The second-order valence-electron chi connectivity index (χ2n) is 7.36. The molecule has 138 valence electrons. The number of fused-ring (bicyclic) bond motifs is 4. The van der Waals surface area contributed by atoms with Crippen LogP contribution in [0.3, 0.4) is 0 Å². The third kappa shape index (κ3) is 3.64. The van der Waals surface area contributed by atoms with Gasteiger partial charge < -0.3 is 15.1 Å². The third-order valence-electron chi connectivity index (χ3n) is 5.68. The summed E-state index contributed by atoms with van der Waals surface area (Å²) in [7, 11) is 0. The molecule has 1 saturated carbocycles. The number of aromatic nitrogens is 2. The smallest absolute Gasteiger partial charge is 0.238 e. The minimum absolute atomic E-state index is 0.0430. The highest BCUT2D eigenvalue weighted by atomic mass is 32.2. The van der Waals surface area contributed by atoms with E-state index in [0.29, 0.717) is 30.4 Å². The molecule has 4 atom stereocenters. The van der Waals surface area contributed by atoms with Crippen LogP contribution in [0.15, 0.2) is 18.5 Å². The van der Waals surface area contributed by atoms with E-state index in [9.17, 15) is 4.79 Å². The lowest BCUT2D eigenvalue weighted by atomic mass is 9.95. The number of hydrogen-bond acceptors (Lipinski definition) is 7. The van der Waals surface area contributed by atoms with Crippen molar-refractivity contribution in [2.24, 2.45) is 5.92 Å². The van der Waals surface area contributed by atoms with E-state index in [1.807, 2.05) is 6.07 Å². The van der Waals surface area contributed by atoms with Crippen molar-refractivity contribution in [3.8, 4) is 6.07 Å². The third-order valence-corrected chi connectivity index (χ3v) is 6.69. The van der Waals surface area contributed by atoms with Gasteiger partial charge in [0.1, 0.15) is 6.04 Å². The van der Waals surface area contributed by atoms with Gasteiger partial charge in [-0.1, -0.05) is 0 Å². The van der Waals surface area contributed by atoms with E-state index in [-0.39, 0.29) is 11.9 Å². The molecule has 1 amide bonds. The van der Waals surface area contributed by atoms with Gasteiger partial charge in [0.05, 0.1) is 18.5 Å². The normalized spacial score (nSPS) is 30.9. The number of nitrogens with zero attached hydrogens (tertiary/aromatic N) is 5. The van der Waals surface area contributed by atoms with Crippen molar-refractivity contribution < 1.29 is 4.79 Å². The van der Waals surface area contributed by atoms with Crippen LogP contribution in [0.25, 0.3) is 0 Å². The number of anilines is 1. The zero-order chi connectivity index (χ0) is 17.9. The zero-order valence-corrected chi connectivity index (χ0v) is 15.6. The lowest BCUT2D eigenvalue weighted by molar-refractivity contribution is -0.129. The topological polar surface area (TPSA) is 85.2 Å². The van der Waals surface area contributed by atoms with E-state index in [2.05, 4.69) is 26.3 Å². The number of nitriles is 1. The van der Waals surface area contributed by atoms with Gasteiger partial charge in [0, 0.05) is 36.8 Å². The number of thioether (sulfide) groups is 1. The van der Waals surface area contributed by atoms with Crippen molar-refractivity contribution in [3.63, 3.8) is 0 Å². The van der Waals surface area contributed by atoms with Crippen LogP contribution in [0.2, 0.25) is 0 Å². The lowest BCUT2D eigenvalue weighted by Gasteiger charge is -2.36. The van der Waals surface area contributed by atoms with Crippen LogP contribution in [0.5, 0.6) is 0 Å². The Balaban J connectivity index is 1.36. The number of rotatable bonds is 4. The Bertz CT molecular complexity index is 680. The van der Waals surface area contributed by atoms with Crippen molar-refractivity contribution in [2.75, 3.05) is 29.6 Å². The SMILES string of the molecule is N#C[C@H]1CSCN1C(=O)CN[C@H]1C[C@@H]2CC[C@H](C1)N(c1ncccn1)C2. The van der Waals surface area contributed by atoms with Gasteiger partial charge in [-0.15, -0.1) is 11.8 Å². The fourth-order valence-corrected chi connectivity index (χ4v) is 5.45. The summed E-state index contributed by atoms with van der Waals surface area (Å²) in [6.07, 6.45) is 8.10. The van der Waals surface area contributed by atoms with E-state index in [0.717, 1.165) is 37.5 Å². The number of amides is 1. The molecule has 0 unspecified atom stereocenters. The molecule has 7 nitrogen and oxygen atoms in total. The quantitative estimate of drug-likeness (QED) is 0.851. The monoisotopic (exact) mass is 372 g/mol. The van der Waals surface area contributed by atoms with E-state index in [4.69, 9.17) is 5.26 Å². The number of carbonyl (C=O) groups excluding carboxylic acids is 1. The minimum Gasteiger partial charge on any atom is -0.338 e. The molecule has 26 heavy (non-hydrogen) atoms. The molecule has 4 fully saturated rings. The minimum atomic E-state index is -0.273. The summed E-state index contributed by atoms with van der Waals surface area (Å²) in [5, 5.41) is 12.6. The highest BCUT2D eigenvalue weighted by molar-refractivity contribution is 7.99. The molecule has 0 spiro atoms. The molecule has 5 rings (SSSR count). The van der Waals surface area contributed by atoms with Gasteiger partial charge in [0.2, 0.25) is 11.9 Å². The Morgan fingerprint density at radius 1 is 1.35 bits per heavy atom. The second kappa shape index (κ2) is 7.80. The van der Waals surface area contributed by atoms with Gasteiger partial charge in [0.15, 0.2) is 0 Å².